The van der Waals surface area contributed by atoms with Crippen LogP contribution >= 0.6 is 23.5 Å². The van der Waals surface area contributed by atoms with Gasteiger partial charge in [-0.05, 0) is 58.5 Å². The van der Waals surface area contributed by atoms with Crippen LogP contribution < -0.4 is 0 Å². The van der Waals surface area contributed by atoms with Crippen molar-refractivity contribution in [1.29, 1.82) is 0 Å². The van der Waals surface area contributed by atoms with Gasteiger partial charge in [0.25, 0.3) is 0 Å². The molecule has 1 aliphatic heterocycles. The Kier molecular flexibility index (Phi) is 5.28. The van der Waals surface area contributed by atoms with Crippen LogP contribution in [0, 0.1) is 0 Å². The van der Waals surface area contributed by atoms with Crippen molar-refractivity contribution < 1.29 is 0 Å². The average molecular weight is 477 g/mol. The molecule has 168 valence electrons. The fourth-order valence-electron chi connectivity index (χ4n) is 5.19. The van der Waals surface area contributed by atoms with E-state index in [2.05, 4.69) is 119 Å². The minimum atomic E-state index is -0.0296. The van der Waals surface area contributed by atoms with Gasteiger partial charge in [-0.3, -0.25) is 0 Å². The maximum Gasteiger partial charge on any atom is 0.0400 e. The van der Waals surface area contributed by atoms with E-state index >= 15 is 0 Å². The fourth-order valence-corrected chi connectivity index (χ4v) is 7.75. The van der Waals surface area contributed by atoms with E-state index in [0.717, 1.165) is 0 Å². The van der Waals surface area contributed by atoms with E-state index in [9.17, 15) is 0 Å². The van der Waals surface area contributed by atoms with Crippen molar-refractivity contribution in [3.05, 3.63) is 96.6 Å². The lowest BCUT2D eigenvalue weighted by Crippen LogP contribution is -2.14. The molecule has 34 heavy (non-hydrogen) atoms. The van der Waals surface area contributed by atoms with Crippen molar-refractivity contribution in [1.82, 2.24) is 0 Å². The lowest BCUT2D eigenvalue weighted by atomic mass is 9.89. The summed E-state index contributed by atoms with van der Waals surface area (Å²) in [6.45, 7) is 9.36. The van der Waals surface area contributed by atoms with Crippen molar-refractivity contribution in [2.45, 2.75) is 47.5 Å². The smallest absolute Gasteiger partial charge is 0.0400 e. The summed E-state index contributed by atoms with van der Waals surface area (Å²) in [5.74, 6) is 0. The zero-order chi connectivity index (χ0) is 23.4. The summed E-state index contributed by atoms with van der Waals surface area (Å²) in [4.78, 5) is 2.85. The van der Waals surface area contributed by atoms with Gasteiger partial charge in [0.1, 0.15) is 0 Å². The number of hydrogen-bond acceptors (Lipinski definition) is 2. The van der Waals surface area contributed by atoms with E-state index in [4.69, 9.17) is 0 Å². The minimum absolute atomic E-state index is 0.0296. The first kappa shape index (κ1) is 21.8. The van der Waals surface area contributed by atoms with Crippen LogP contribution in [0.5, 0.6) is 0 Å². The number of fused-ring (bicyclic) bond motifs is 5. The number of rotatable bonds is 3. The third-order valence-electron chi connectivity index (χ3n) is 6.74. The Morgan fingerprint density at radius 2 is 1.29 bits per heavy atom. The molecule has 2 heteroatoms. The van der Waals surface area contributed by atoms with Gasteiger partial charge in [-0.2, -0.15) is 0 Å². The third-order valence-corrected chi connectivity index (χ3v) is 9.35. The maximum atomic E-state index is 2.39. The average Bonchev–Trinajstić information content (AvgIpc) is 2.85. The summed E-state index contributed by atoms with van der Waals surface area (Å²) < 4.78 is -0.0296. The summed E-state index contributed by atoms with van der Waals surface area (Å²) in [6, 6.07) is 33.7. The lowest BCUT2D eigenvalue weighted by molar-refractivity contribution is 0.781. The van der Waals surface area contributed by atoms with Gasteiger partial charge in [0, 0.05) is 30.6 Å². The molecule has 0 aromatic heterocycles. The Hall–Kier alpha value is -2.68. The monoisotopic (exact) mass is 476 g/mol. The van der Waals surface area contributed by atoms with E-state index in [-0.39, 0.29) is 4.75 Å². The molecule has 0 nitrogen and oxygen atoms in total. The molecule has 0 saturated carbocycles. The quantitative estimate of drug-likeness (QED) is 0.188. The highest BCUT2D eigenvalue weighted by atomic mass is 32.2. The van der Waals surface area contributed by atoms with E-state index in [0.29, 0.717) is 5.25 Å². The van der Waals surface area contributed by atoms with Crippen molar-refractivity contribution >= 4 is 45.1 Å². The van der Waals surface area contributed by atoms with E-state index in [1.807, 2.05) is 23.5 Å². The molecule has 1 aliphatic rings. The lowest BCUT2D eigenvalue weighted by Gasteiger charge is -2.31. The van der Waals surface area contributed by atoms with Crippen LogP contribution in [-0.4, -0.2) is 5.25 Å². The molecule has 0 spiro atoms. The van der Waals surface area contributed by atoms with Crippen LogP contribution in [0.3, 0.4) is 0 Å². The molecule has 0 radical (unpaired) electrons. The van der Waals surface area contributed by atoms with Gasteiger partial charge in [-0.25, -0.2) is 0 Å². The van der Waals surface area contributed by atoms with Gasteiger partial charge in [0.15, 0.2) is 0 Å². The molecule has 1 heterocycles. The molecule has 0 atom stereocenters. The zero-order valence-electron chi connectivity index (χ0n) is 20.1. The summed E-state index contributed by atoms with van der Waals surface area (Å²) in [6.07, 6.45) is 0. The van der Waals surface area contributed by atoms with Crippen LogP contribution in [0.15, 0.2) is 101 Å². The van der Waals surface area contributed by atoms with E-state index < -0.39 is 0 Å². The molecule has 0 N–H and O–H groups in total. The topological polar surface area (TPSA) is 0 Å². The third kappa shape index (κ3) is 3.47. The summed E-state index contributed by atoms with van der Waals surface area (Å²) in [5, 5.41) is 5.97. The highest BCUT2D eigenvalue weighted by Gasteiger charge is 2.30. The Morgan fingerprint density at radius 3 is 2.00 bits per heavy atom. The fraction of sp³-hybridized carbons (Fsp3) is 0.188. The molecule has 0 amide bonds. The molecule has 5 aromatic carbocycles. The highest BCUT2D eigenvalue weighted by molar-refractivity contribution is 8.03. The molecule has 0 unspecified atom stereocenters. The first-order valence-corrected chi connectivity index (χ1v) is 13.7. The van der Waals surface area contributed by atoms with Crippen LogP contribution in [0.1, 0.15) is 33.3 Å². The van der Waals surface area contributed by atoms with Gasteiger partial charge in [0.2, 0.25) is 0 Å². The van der Waals surface area contributed by atoms with Gasteiger partial charge < -0.3 is 0 Å². The number of benzene rings is 5. The molecular formula is C32H28S2. The molecule has 2 bridgehead atoms. The van der Waals surface area contributed by atoms with Gasteiger partial charge in [-0.1, -0.05) is 98.8 Å². The molecule has 6 rings (SSSR count). The standard InChI is InChI=1S/C32H28S2/c1-20(2)33-30-28-24(21-11-6-5-7-12-21)15-9-17-26(28)27-18-10-16-25-22-13-8-14-23(19-22)32(3,4)34-31(30)29(25)27/h5-20H,1-4H3. The van der Waals surface area contributed by atoms with Crippen LogP contribution in [-0.2, 0) is 4.75 Å². The Labute approximate surface area is 210 Å². The predicted molar refractivity (Wildman–Crippen MR) is 152 cm³/mol. The van der Waals surface area contributed by atoms with E-state index in [1.54, 1.807) is 0 Å². The van der Waals surface area contributed by atoms with Crippen molar-refractivity contribution in [3.8, 4) is 22.3 Å². The first-order chi connectivity index (χ1) is 16.4. The largest absolute Gasteiger partial charge is 0.121 e. The second-order valence-corrected chi connectivity index (χ2v) is 13.1. The van der Waals surface area contributed by atoms with Gasteiger partial charge >= 0.3 is 0 Å². The Balaban J connectivity index is 1.84. The zero-order valence-corrected chi connectivity index (χ0v) is 21.7. The van der Waals surface area contributed by atoms with Gasteiger partial charge in [0.05, 0.1) is 0 Å². The molecule has 0 saturated heterocycles. The predicted octanol–water partition coefficient (Wildman–Crippen LogP) is 10.2. The van der Waals surface area contributed by atoms with E-state index in [1.165, 1.54) is 59.2 Å². The number of thioether (sulfide) groups is 2. The molecule has 0 aliphatic carbocycles. The molecular weight excluding hydrogens is 448 g/mol. The van der Waals surface area contributed by atoms with Crippen LogP contribution in [0.4, 0.5) is 0 Å². The van der Waals surface area contributed by atoms with Crippen molar-refractivity contribution in [2.24, 2.45) is 0 Å². The van der Waals surface area contributed by atoms with Crippen molar-refractivity contribution in [3.63, 3.8) is 0 Å². The molecule has 0 fully saturated rings. The maximum absolute atomic E-state index is 2.39. The molecule has 5 aromatic rings. The van der Waals surface area contributed by atoms with Gasteiger partial charge in [-0.15, -0.1) is 23.5 Å². The summed E-state index contributed by atoms with van der Waals surface area (Å²) in [5.41, 5.74) is 6.65. The summed E-state index contributed by atoms with van der Waals surface area (Å²) in [7, 11) is 0. The second kappa shape index (κ2) is 8.22. The van der Waals surface area contributed by atoms with Crippen LogP contribution in [0.25, 0.3) is 43.8 Å². The SMILES string of the molecule is CC(C)Sc1c2c3c(cccc3c3cccc(-c4ccccc4)c13)-c1cccc(c1)C(C)(C)S2. The Morgan fingerprint density at radius 1 is 0.676 bits per heavy atom. The minimum Gasteiger partial charge on any atom is -0.121 e. The highest BCUT2D eigenvalue weighted by Crippen LogP contribution is 2.55. The second-order valence-electron chi connectivity index (χ2n) is 9.84. The first-order valence-electron chi connectivity index (χ1n) is 12.0. The van der Waals surface area contributed by atoms with Crippen molar-refractivity contribution in [2.75, 3.05) is 0 Å². The summed E-state index contributed by atoms with van der Waals surface area (Å²) >= 11 is 4.04. The number of hydrogen-bond donors (Lipinski definition) is 0. The Bertz CT molecular complexity index is 1530. The normalized spacial score (nSPS) is 14.4. The van der Waals surface area contributed by atoms with Crippen LogP contribution in [0.2, 0.25) is 0 Å².